The van der Waals surface area contributed by atoms with Crippen molar-refractivity contribution in [1.82, 2.24) is 0 Å². The first-order chi connectivity index (χ1) is 7.77. The van der Waals surface area contributed by atoms with Gasteiger partial charge in [-0.25, -0.2) is 0 Å². The summed E-state index contributed by atoms with van der Waals surface area (Å²) in [5, 5.41) is 15.6. The predicted octanol–water partition coefficient (Wildman–Crippen LogP) is 2.50. The van der Waals surface area contributed by atoms with Crippen LogP contribution in [0, 0.1) is 11.3 Å². The molecule has 3 nitrogen and oxygen atoms in total. The average molecular weight is 221 g/mol. The van der Waals surface area contributed by atoms with Crippen molar-refractivity contribution in [2.24, 2.45) is 0 Å². The van der Waals surface area contributed by atoms with Crippen molar-refractivity contribution in [2.45, 2.75) is 26.7 Å². The first-order valence-electron chi connectivity index (χ1n) is 5.18. The van der Waals surface area contributed by atoms with Crippen molar-refractivity contribution < 1.29 is 9.90 Å². The number of rotatable bonds is 2. The van der Waals surface area contributed by atoms with E-state index in [4.69, 9.17) is 10.4 Å². The molecule has 0 aliphatic heterocycles. The zero-order chi connectivity index (χ0) is 13.0. The lowest BCUT2D eigenvalue weighted by Gasteiger charge is -2.02. The molecule has 16 heavy (non-hydrogen) atoms. The van der Waals surface area contributed by atoms with E-state index in [2.05, 4.69) is 0 Å². The van der Waals surface area contributed by atoms with Crippen LogP contribution in [0.1, 0.15) is 37.8 Å². The summed E-state index contributed by atoms with van der Waals surface area (Å²) < 4.78 is 0. The van der Waals surface area contributed by atoms with Gasteiger partial charge in [-0.1, -0.05) is 32.9 Å². The molecule has 0 heterocycles. The summed E-state index contributed by atoms with van der Waals surface area (Å²) in [4.78, 5) is 10.4. The molecule has 0 bridgehead atoms. The predicted molar refractivity (Wildman–Crippen MR) is 65.1 cm³/mol. The van der Waals surface area contributed by atoms with Crippen molar-refractivity contribution in [2.75, 3.05) is 7.11 Å². The summed E-state index contributed by atoms with van der Waals surface area (Å²) in [6.07, 6.45) is 0.872. The molecule has 0 amide bonds. The monoisotopic (exact) mass is 221 g/mol. The minimum absolute atomic E-state index is 0.127. The Hall–Kier alpha value is -1.66. The minimum Gasteiger partial charge on any atom is -0.400 e. The van der Waals surface area contributed by atoms with E-state index in [0.29, 0.717) is 5.56 Å². The van der Waals surface area contributed by atoms with Crippen LogP contribution in [0.5, 0.6) is 0 Å². The Bertz CT molecular complexity index is 329. The van der Waals surface area contributed by atoms with E-state index in [1.807, 2.05) is 32.9 Å². The number of carbonyl (C=O) groups excluding carboxylic acids is 1. The van der Waals surface area contributed by atoms with Gasteiger partial charge in [-0.3, -0.25) is 0 Å². The maximum Gasteiger partial charge on any atom is 0.127 e. The van der Waals surface area contributed by atoms with Gasteiger partial charge >= 0.3 is 0 Å². The second kappa shape index (κ2) is 11.4. The Labute approximate surface area is 97.3 Å². The van der Waals surface area contributed by atoms with Crippen LogP contribution in [0.4, 0.5) is 0 Å². The van der Waals surface area contributed by atoms with Gasteiger partial charge in [0.2, 0.25) is 0 Å². The number of nitriles is 1. The van der Waals surface area contributed by atoms with E-state index in [-0.39, 0.29) is 5.92 Å². The zero-order valence-corrected chi connectivity index (χ0v) is 10.3. The average Bonchev–Trinajstić information content (AvgIpc) is 2.42. The summed E-state index contributed by atoms with van der Waals surface area (Å²) in [7, 11) is 1.00. The van der Waals surface area contributed by atoms with Crippen LogP contribution in [0.15, 0.2) is 24.3 Å². The van der Waals surface area contributed by atoms with Crippen molar-refractivity contribution in [1.29, 1.82) is 5.26 Å². The number of carbonyl (C=O) groups is 1. The molecular formula is C13H19NO2. The zero-order valence-electron chi connectivity index (χ0n) is 10.3. The lowest BCUT2D eigenvalue weighted by molar-refractivity contribution is -0.108. The Balaban J connectivity index is 0. The molecule has 0 aliphatic carbocycles. The number of nitrogens with zero attached hydrogens (tertiary/aromatic N) is 1. The number of hydrogen-bond acceptors (Lipinski definition) is 3. The summed E-state index contributed by atoms with van der Waals surface area (Å²) >= 11 is 0. The van der Waals surface area contributed by atoms with Crippen LogP contribution in [0.2, 0.25) is 0 Å². The van der Waals surface area contributed by atoms with Crippen molar-refractivity contribution in [3.8, 4) is 6.07 Å². The van der Waals surface area contributed by atoms with E-state index < -0.39 is 0 Å². The standard InChI is InChI=1S/C10H9NO.C2H6.CH4O/c1-8(7-12)10-4-2-3-9(5-10)6-11;2*1-2/h2-5,7-8H,1H3;1-2H3;2H,1H3. The third kappa shape index (κ3) is 5.94. The van der Waals surface area contributed by atoms with Gasteiger partial charge in [0.15, 0.2) is 0 Å². The highest BCUT2D eigenvalue weighted by Crippen LogP contribution is 2.13. The van der Waals surface area contributed by atoms with Gasteiger partial charge in [0.1, 0.15) is 6.29 Å². The fourth-order valence-electron chi connectivity index (χ4n) is 0.970. The van der Waals surface area contributed by atoms with E-state index in [1.54, 1.807) is 18.2 Å². The fraction of sp³-hybridized carbons (Fsp3) is 0.385. The third-order valence-corrected chi connectivity index (χ3v) is 1.75. The normalized spacial score (nSPS) is 9.50. The summed E-state index contributed by atoms with van der Waals surface area (Å²) in [5.41, 5.74) is 1.49. The van der Waals surface area contributed by atoms with Crippen LogP contribution >= 0.6 is 0 Å². The largest absolute Gasteiger partial charge is 0.400 e. The van der Waals surface area contributed by atoms with Crippen LogP contribution < -0.4 is 0 Å². The molecule has 1 atom stereocenters. The molecule has 88 valence electrons. The summed E-state index contributed by atoms with van der Waals surface area (Å²) in [6, 6.07) is 9.12. The number of benzene rings is 1. The number of hydrogen-bond donors (Lipinski definition) is 1. The van der Waals surface area contributed by atoms with E-state index >= 15 is 0 Å². The maximum atomic E-state index is 10.4. The van der Waals surface area contributed by atoms with Gasteiger partial charge in [-0.2, -0.15) is 5.26 Å². The minimum atomic E-state index is -0.127. The van der Waals surface area contributed by atoms with Gasteiger partial charge in [0, 0.05) is 13.0 Å². The van der Waals surface area contributed by atoms with Crippen LogP contribution in [0.3, 0.4) is 0 Å². The molecule has 1 aromatic carbocycles. The van der Waals surface area contributed by atoms with Gasteiger partial charge in [0.25, 0.3) is 0 Å². The molecule has 1 aromatic rings. The van der Waals surface area contributed by atoms with Crippen molar-refractivity contribution in [3.05, 3.63) is 35.4 Å². The van der Waals surface area contributed by atoms with Crippen molar-refractivity contribution >= 4 is 6.29 Å². The molecule has 0 saturated heterocycles. The van der Waals surface area contributed by atoms with Gasteiger partial charge in [-0.05, 0) is 17.7 Å². The smallest absolute Gasteiger partial charge is 0.127 e. The molecule has 0 radical (unpaired) electrons. The molecule has 0 aliphatic rings. The number of aliphatic hydroxyl groups is 1. The molecule has 0 fully saturated rings. The quantitative estimate of drug-likeness (QED) is 0.780. The highest BCUT2D eigenvalue weighted by Gasteiger charge is 2.02. The molecular weight excluding hydrogens is 202 g/mol. The Morgan fingerprint density at radius 1 is 1.38 bits per heavy atom. The highest BCUT2D eigenvalue weighted by atomic mass is 16.2. The molecule has 1 rings (SSSR count). The van der Waals surface area contributed by atoms with Crippen LogP contribution in [-0.2, 0) is 4.79 Å². The maximum absolute atomic E-state index is 10.4. The van der Waals surface area contributed by atoms with Crippen molar-refractivity contribution in [3.63, 3.8) is 0 Å². The SMILES string of the molecule is CC.CC(C=O)c1cccc(C#N)c1.CO. The molecule has 1 unspecified atom stereocenters. The topological polar surface area (TPSA) is 61.1 Å². The first kappa shape index (κ1) is 16.8. The van der Waals surface area contributed by atoms with Crippen LogP contribution in [-0.4, -0.2) is 18.5 Å². The third-order valence-electron chi connectivity index (χ3n) is 1.75. The summed E-state index contributed by atoms with van der Waals surface area (Å²) in [6.45, 7) is 5.81. The Kier molecular flexibility index (Phi) is 12.0. The molecule has 0 aromatic heterocycles. The second-order valence-electron chi connectivity index (χ2n) is 2.66. The molecule has 0 saturated carbocycles. The highest BCUT2D eigenvalue weighted by molar-refractivity contribution is 5.61. The van der Waals surface area contributed by atoms with Gasteiger partial charge in [0.05, 0.1) is 11.6 Å². The van der Waals surface area contributed by atoms with Gasteiger partial charge < -0.3 is 9.90 Å². The second-order valence-corrected chi connectivity index (χ2v) is 2.66. The van der Waals surface area contributed by atoms with Crippen LogP contribution in [0.25, 0.3) is 0 Å². The lowest BCUT2D eigenvalue weighted by atomic mass is 10.0. The Morgan fingerprint density at radius 2 is 1.94 bits per heavy atom. The molecule has 0 spiro atoms. The number of aldehydes is 1. The first-order valence-corrected chi connectivity index (χ1v) is 5.18. The lowest BCUT2D eigenvalue weighted by Crippen LogP contribution is -1.94. The number of aliphatic hydroxyl groups excluding tert-OH is 1. The van der Waals surface area contributed by atoms with Gasteiger partial charge in [-0.15, -0.1) is 0 Å². The van der Waals surface area contributed by atoms with E-state index in [1.165, 1.54) is 0 Å². The van der Waals surface area contributed by atoms with E-state index in [0.717, 1.165) is 19.0 Å². The molecule has 3 heteroatoms. The summed E-state index contributed by atoms with van der Waals surface area (Å²) in [5.74, 6) is -0.127. The molecule has 1 N–H and O–H groups in total. The fourth-order valence-corrected chi connectivity index (χ4v) is 0.970. The Morgan fingerprint density at radius 3 is 2.38 bits per heavy atom. The van der Waals surface area contributed by atoms with E-state index in [9.17, 15) is 4.79 Å².